The highest BCUT2D eigenvalue weighted by Gasteiger charge is 2.17. The second kappa shape index (κ2) is 9.62. The zero-order chi connectivity index (χ0) is 30.2. The minimum absolute atomic E-state index is 1.11. The molecule has 0 aliphatic rings. The lowest BCUT2D eigenvalue weighted by molar-refractivity contribution is 1.17. The van der Waals surface area contributed by atoms with Crippen molar-refractivity contribution in [2.45, 2.75) is 0 Å². The molecule has 0 amide bonds. The van der Waals surface area contributed by atoms with Gasteiger partial charge in [0.1, 0.15) is 0 Å². The van der Waals surface area contributed by atoms with Crippen molar-refractivity contribution in [3.05, 3.63) is 158 Å². The van der Waals surface area contributed by atoms with Crippen LogP contribution in [-0.2, 0) is 0 Å². The molecule has 4 aromatic heterocycles. The van der Waals surface area contributed by atoms with Crippen molar-refractivity contribution in [3.63, 3.8) is 0 Å². The van der Waals surface area contributed by atoms with Gasteiger partial charge in [0.25, 0.3) is 0 Å². The number of hydrogen-bond donors (Lipinski definition) is 0. The Hall–Kier alpha value is -6.26. The molecule has 0 unspecified atom stereocenters. The van der Waals surface area contributed by atoms with E-state index in [1.807, 2.05) is 24.8 Å². The lowest BCUT2D eigenvalue weighted by Crippen LogP contribution is -1.96. The van der Waals surface area contributed by atoms with Gasteiger partial charge in [-0.1, -0.05) is 97.1 Å². The smallest absolute Gasteiger partial charge is 0.0724 e. The van der Waals surface area contributed by atoms with Gasteiger partial charge in [0.05, 0.1) is 34.5 Å². The maximum absolute atomic E-state index is 4.50. The predicted octanol–water partition coefficient (Wildman–Crippen LogP) is 10.6. The lowest BCUT2D eigenvalue weighted by atomic mass is 10.0. The van der Waals surface area contributed by atoms with Crippen LogP contribution in [0.4, 0.5) is 0 Å². The molecule has 214 valence electrons. The Labute approximate surface area is 264 Å². The molecule has 4 heterocycles. The highest BCUT2D eigenvalue weighted by atomic mass is 15.0. The molecule has 0 atom stereocenters. The van der Waals surface area contributed by atoms with Gasteiger partial charge in [0, 0.05) is 56.1 Å². The van der Waals surface area contributed by atoms with Gasteiger partial charge in [-0.3, -0.25) is 9.97 Å². The maximum atomic E-state index is 4.50. The van der Waals surface area contributed by atoms with Crippen LogP contribution in [0.1, 0.15) is 0 Å². The molecule has 0 saturated heterocycles. The quantitative estimate of drug-likeness (QED) is 0.206. The van der Waals surface area contributed by atoms with Gasteiger partial charge in [-0.25, -0.2) is 0 Å². The van der Waals surface area contributed by atoms with Crippen LogP contribution < -0.4 is 0 Å². The van der Waals surface area contributed by atoms with E-state index in [0.29, 0.717) is 0 Å². The van der Waals surface area contributed by atoms with Crippen molar-refractivity contribution in [2.75, 3.05) is 0 Å². The molecule has 0 saturated carbocycles. The van der Waals surface area contributed by atoms with E-state index in [1.54, 1.807) is 0 Å². The van der Waals surface area contributed by atoms with E-state index < -0.39 is 0 Å². The van der Waals surface area contributed by atoms with Crippen LogP contribution in [0.5, 0.6) is 0 Å². The van der Waals surface area contributed by atoms with Gasteiger partial charge in [-0.2, -0.15) is 0 Å². The summed E-state index contributed by atoms with van der Waals surface area (Å²) in [6, 6.07) is 48.2. The summed E-state index contributed by atoms with van der Waals surface area (Å²) < 4.78 is 4.71. The van der Waals surface area contributed by atoms with Gasteiger partial charge >= 0.3 is 0 Å². The monoisotopic (exact) mass is 586 g/mol. The van der Waals surface area contributed by atoms with E-state index in [0.717, 1.165) is 22.4 Å². The van der Waals surface area contributed by atoms with E-state index in [2.05, 4.69) is 153 Å². The van der Waals surface area contributed by atoms with E-state index >= 15 is 0 Å². The molecule has 0 N–H and O–H groups in total. The fraction of sp³-hybridized carbons (Fsp3) is 0. The van der Waals surface area contributed by atoms with Crippen molar-refractivity contribution in [3.8, 4) is 22.5 Å². The molecule has 0 bridgehead atoms. The Morgan fingerprint density at radius 1 is 0.348 bits per heavy atom. The number of hydrogen-bond acceptors (Lipinski definition) is 2. The molecule has 0 aliphatic carbocycles. The molecular formula is C42H26N4. The highest BCUT2D eigenvalue weighted by molar-refractivity contribution is 6.19. The largest absolute Gasteiger partial charge is 0.307 e. The molecule has 0 radical (unpaired) electrons. The van der Waals surface area contributed by atoms with Crippen LogP contribution in [0.2, 0.25) is 0 Å². The van der Waals surface area contributed by atoms with Crippen LogP contribution in [0, 0.1) is 0 Å². The second-order valence-corrected chi connectivity index (χ2v) is 11.9. The number of fused-ring (bicyclic) bond motifs is 10. The number of benzene rings is 6. The topological polar surface area (TPSA) is 35.6 Å². The third-order valence-corrected chi connectivity index (χ3v) is 9.49. The fourth-order valence-electron chi connectivity index (χ4n) is 7.39. The first kappa shape index (κ1) is 25.1. The fourth-order valence-corrected chi connectivity index (χ4v) is 7.39. The molecule has 0 fully saturated rings. The maximum Gasteiger partial charge on any atom is 0.0724 e. The molecule has 0 aliphatic heterocycles. The molecule has 4 nitrogen and oxygen atoms in total. The zero-order valence-electron chi connectivity index (χ0n) is 24.8. The predicted molar refractivity (Wildman–Crippen MR) is 191 cm³/mol. The van der Waals surface area contributed by atoms with Gasteiger partial charge in [0.15, 0.2) is 0 Å². The zero-order valence-corrected chi connectivity index (χ0v) is 24.8. The Morgan fingerprint density at radius 2 is 0.783 bits per heavy atom. The summed E-state index contributed by atoms with van der Waals surface area (Å²) in [4.78, 5) is 8.99. The van der Waals surface area contributed by atoms with Crippen molar-refractivity contribution >= 4 is 65.2 Å². The summed E-state index contributed by atoms with van der Waals surface area (Å²) >= 11 is 0. The van der Waals surface area contributed by atoms with E-state index in [1.165, 1.54) is 65.3 Å². The molecular weight excluding hydrogens is 560 g/mol. The first-order valence-corrected chi connectivity index (χ1v) is 15.6. The number of pyridine rings is 2. The standard InChI is InChI=1S/C42H26N4/c1-3-7-33-29(5-1)13-19-37-35-21-23-43-25-39(35)45(41(33)37)31-15-9-27(10-16-31)28-11-17-32(18-12-28)46-40-26-44-24-22-36(40)38-20-14-30-6-2-4-8-34(30)42(38)46/h1-26H. The molecule has 10 rings (SSSR count). The Bertz CT molecular complexity index is 2590. The number of rotatable bonds is 3. The van der Waals surface area contributed by atoms with E-state index in [9.17, 15) is 0 Å². The Morgan fingerprint density at radius 3 is 1.24 bits per heavy atom. The summed E-state index contributed by atoms with van der Waals surface area (Å²) in [5.41, 5.74) is 9.24. The van der Waals surface area contributed by atoms with Crippen molar-refractivity contribution in [1.82, 2.24) is 19.1 Å². The molecule has 0 spiro atoms. The first-order chi connectivity index (χ1) is 22.8. The average molecular weight is 587 g/mol. The van der Waals surface area contributed by atoms with Gasteiger partial charge in [-0.15, -0.1) is 0 Å². The molecule has 46 heavy (non-hydrogen) atoms. The Kier molecular flexibility index (Phi) is 5.25. The first-order valence-electron chi connectivity index (χ1n) is 15.6. The highest BCUT2D eigenvalue weighted by Crippen LogP contribution is 2.38. The molecule has 10 aromatic rings. The third-order valence-electron chi connectivity index (χ3n) is 9.49. The van der Waals surface area contributed by atoms with Crippen LogP contribution >= 0.6 is 0 Å². The minimum atomic E-state index is 1.11. The van der Waals surface area contributed by atoms with Crippen molar-refractivity contribution < 1.29 is 0 Å². The van der Waals surface area contributed by atoms with Crippen molar-refractivity contribution in [1.29, 1.82) is 0 Å². The summed E-state index contributed by atoms with van der Waals surface area (Å²) in [6.07, 6.45) is 7.72. The lowest BCUT2D eigenvalue weighted by Gasteiger charge is -2.12. The summed E-state index contributed by atoms with van der Waals surface area (Å²) in [7, 11) is 0. The SMILES string of the molecule is c1ccc2c(c1)ccc1c3ccncc3n(-c3ccc(-c4ccc(-n5c6cnccc6c6ccc7ccccc7c65)cc4)cc3)c21. The van der Waals surface area contributed by atoms with Gasteiger partial charge in [-0.05, 0) is 58.3 Å². The third kappa shape index (κ3) is 3.55. The van der Waals surface area contributed by atoms with Crippen LogP contribution in [0.15, 0.2) is 158 Å². The van der Waals surface area contributed by atoms with E-state index in [4.69, 9.17) is 0 Å². The van der Waals surface area contributed by atoms with Crippen LogP contribution in [-0.4, -0.2) is 19.1 Å². The number of aromatic nitrogens is 4. The summed E-state index contributed by atoms with van der Waals surface area (Å²) in [5, 5.41) is 9.85. The van der Waals surface area contributed by atoms with Crippen molar-refractivity contribution in [2.24, 2.45) is 0 Å². The second-order valence-electron chi connectivity index (χ2n) is 11.9. The van der Waals surface area contributed by atoms with Crippen LogP contribution in [0.25, 0.3) is 87.7 Å². The summed E-state index contributed by atoms with van der Waals surface area (Å²) in [5.74, 6) is 0. The van der Waals surface area contributed by atoms with Gasteiger partial charge in [0.2, 0.25) is 0 Å². The number of nitrogens with zero attached hydrogens (tertiary/aromatic N) is 4. The normalized spacial score (nSPS) is 11.9. The Balaban J connectivity index is 1.10. The molecule has 4 heteroatoms. The summed E-state index contributed by atoms with van der Waals surface area (Å²) in [6.45, 7) is 0. The van der Waals surface area contributed by atoms with Crippen LogP contribution in [0.3, 0.4) is 0 Å². The minimum Gasteiger partial charge on any atom is -0.307 e. The average Bonchev–Trinajstić information content (AvgIpc) is 3.66. The van der Waals surface area contributed by atoms with E-state index in [-0.39, 0.29) is 0 Å². The van der Waals surface area contributed by atoms with Gasteiger partial charge < -0.3 is 9.13 Å². The molecule has 6 aromatic carbocycles.